The van der Waals surface area contributed by atoms with E-state index in [1.807, 2.05) is 12.1 Å². The monoisotopic (exact) mass is 267 g/mol. The second-order valence-corrected chi connectivity index (χ2v) is 5.20. The number of aromatic nitrogens is 1. The van der Waals surface area contributed by atoms with Crippen molar-refractivity contribution in [3.05, 3.63) is 30.1 Å². The number of pyridine rings is 1. The number of thiocarbonyl (C=S) groups is 1. The van der Waals surface area contributed by atoms with Crippen molar-refractivity contribution in [1.29, 1.82) is 0 Å². The first-order valence-corrected chi connectivity index (χ1v) is 6.75. The van der Waals surface area contributed by atoms with Gasteiger partial charge in [0.25, 0.3) is 0 Å². The summed E-state index contributed by atoms with van der Waals surface area (Å²) in [5.41, 5.74) is 1.06. The van der Waals surface area contributed by atoms with Crippen LogP contribution in [0.5, 0.6) is 0 Å². The summed E-state index contributed by atoms with van der Waals surface area (Å²) in [5, 5.41) is 6.79. The Bertz CT molecular complexity index is 410. The van der Waals surface area contributed by atoms with Crippen molar-refractivity contribution in [2.24, 2.45) is 0 Å². The second-order valence-electron chi connectivity index (χ2n) is 3.70. The third-order valence-corrected chi connectivity index (χ3v) is 3.69. The lowest BCUT2D eigenvalue weighted by Gasteiger charge is -2.14. The van der Waals surface area contributed by atoms with E-state index in [0.29, 0.717) is 11.7 Å². The predicted octanol–water partition coefficient (Wildman–Crippen LogP) is 1.08. The molecular formula is C11H13N3OS2. The van der Waals surface area contributed by atoms with Gasteiger partial charge in [0.15, 0.2) is 5.11 Å². The van der Waals surface area contributed by atoms with Gasteiger partial charge in [-0.05, 0) is 30.3 Å². The fraction of sp³-hybridized carbons (Fsp3) is 0.364. The molecule has 1 aliphatic rings. The zero-order valence-corrected chi connectivity index (χ0v) is 10.8. The first-order valence-electron chi connectivity index (χ1n) is 5.35. The van der Waals surface area contributed by atoms with Crippen LogP contribution in [0.25, 0.3) is 0 Å². The van der Waals surface area contributed by atoms with Crippen molar-refractivity contribution < 1.29 is 4.79 Å². The van der Waals surface area contributed by atoms with Gasteiger partial charge in [-0.25, -0.2) is 0 Å². The lowest BCUT2D eigenvalue weighted by atomic mass is 10.2. The lowest BCUT2D eigenvalue weighted by Crippen LogP contribution is -2.43. The standard InChI is InChI=1S/C11H13N3OS2/c15-10-9(3-5-17-10)14-11(16)13-7-8-2-1-4-12-6-8/h1-2,4,6,9H,3,5,7H2,(H2,13,14,16). The molecule has 1 aromatic rings. The number of thioether (sulfide) groups is 1. The summed E-state index contributed by atoms with van der Waals surface area (Å²) in [6.45, 7) is 0.619. The van der Waals surface area contributed by atoms with E-state index >= 15 is 0 Å². The third-order valence-electron chi connectivity index (χ3n) is 2.42. The molecule has 2 rings (SSSR count). The minimum Gasteiger partial charge on any atom is -0.359 e. The highest BCUT2D eigenvalue weighted by molar-refractivity contribution is 8.14. The van der Waals surface area contributed by atoms with Crippen molar-refractivity contribution >= 4 is 34.2 Å². The van der Waals surface area contributed by atoms with Crippen LogP contribution in [-0.2, 0) is 11.3 Å². The maximum atomic E-state index is 11.4. The molecule has 17 heavy (non-hydrogen) atoms. The second kappa shape index (κ2) is 5.97. The summed E-state index contributed by atoms with van der Waals surface area (Å²) in [4.78, 5) is 15.4. The van der Waals surface area contributed by atoms with Gasteiger partial charge in [-0.15, -0.1) is 0 Å². The Hall–Kier alpha value is -1.14. The molecule has 1 saturated heterocycles. The first-order chi connectivity index (χ1) is 8.25. The van der Waals surface area contributed by atoms with Crippen LogP contribution in [0.4, 0.5) is 0 Å². The predicted molar refractivity (Wildman–Crippen MR) is 72.7 cm³/mol. The van der Waals surface area contributed by atoms with Crippen molar-refractivity contribution in [1.82, 2.24) is 15.6 Å². The average molecular weight is 267 g/mol. The largest absolute Gasteiger partial charge is 0.359 e. The van der Waals surface area contributed by atoms with Crippen LogP contribution in [0.3, 0.4) is 0 Å². The van der Waals surface area contributed by atoms with E-state index in [-0.39, 0.29) is 11.2 Å². The molecule has 90 valence electrons. The first kappa shape index (κ1) is 12.3. The molecule has 2 N–H and O–H groups in total. The summed E-state index contributed by atoms with van der Waals surface area (Å²) >= 11 is 6.50. The van der Waals surface area contributed by atoms with Gasteiger partial charge in [0.1, 0.15) is 0 Å². The van der Waals surface area contributed by atoms with E-state index in [0.717, 1.165) is 17.7 Å². The molecule has 0 spiro atoms. The molecule has 4 nitrogen and oxygen atoms in total. The minimum absolute atomic E-state index is 0.131. The Balaban J connectivity index is 1.76. The number of carbonyl (C=O) groups is 1. The van der Waals surface area contributed by atoms with E-state index < -0.39 is 0 Å². The SMILES string of the molecule is O=C1SCCC1NC(=S)NCc1cccnc1. The molecular weight excluding hydrogens is 254 g/mol. The molecule has 1 atom stereocenters. The van der Waals surface area contributed by atoms with E-state index in [1.165, 1.54) is 11.8 Å². The van der Waals surface area contributed by atoms with Gasteiger partial charge in [-0.1, -0.05) is 17.8 Å². The van der Waals surface area contributed by atoms with Crippen LogP contribution in [0, 0.1) is 0 Å². The summed E-state index contributed by atoms with van der Waals surface area (Å²) in [6, 6.07) is 3.72. The molecule has 0 radical (unpaired) electrons. The van der Waals surface area contributed by atoms with Gasteiger partial charge in [-0.3, -0.25) is 9.78 Å². The molecule has 1 fully saturated rings. The quantitative estimate of drug-likeness (QED) is 0.799. The number of carbonyl (C=O) groups excluding carboxylic acids is 1. The van der Waals surface area contributed by atoms with Gasteiger partial charge >= 0.3 is 0 Å². The van der Waals surface area contributed by atoms with Crippen LogP contribution in [-0.4, -0.2) is 27.0 Å². The number of rotatable bonds is 3. The minimum atomic E-state index is -0.131. The van der Waals surface area contributed by atoms with Crippen LogP contribution in [0.1, 0.15) is 12.0 Å². The number of nitrogens with one attached hydrogen (secondary N) is 2. The highest BCUT2D eigenvalue weighted by Crippen LogP contribution is 2.19. The van der Waals surface area contributed by atoms with Crippen LogP contribution in [0.2, 0.25) is 0 Å². The Morgan fingerprint density at radius 3 is 3.18 bits per heavy atom. The number of hydrogen-bond donors (Lipinski definition) is 2. The maximum Gasteiger partial charge on any atom is 0.211 e. The average Bonchev–Trinajstić information content (AvgIpc) is 2.74. The Kier molecular flexibility index (Phi) is 4.33. The molecule has 1 aliphatic heterocycles. The maximum absolute atomic E-state index is 11.4. The lowest BCUT2D eigenvalue weighted by molar-refractivity contribution is -0.111. The van der Waals surface area contributed by atoms with E-state index in [2.05, 4.69) is 15.6 Å². The van der Waals surface area contributed by atoms with Gasteiger partial charge < -0.3 is 10.6 Å². The van der Waals surface area contributed by atoms with Gasteiger partial charge in [0.05, 0.1) is 6.04 Å². The molecule has 6 heteroatoms. The van der Waals surface area contributed by atoms with Crippen molar-refractivity contribution in [2.45, 2.75) is 19.0 Å². The van der Waals surface area contributed by atoms with Crippen LogP contribution in [0.15, 0.2) is 24.5 Å². The van der Waals surface area contributed by atoms with E-state index in [4.69, 9.17) is 12.2 Å². The summed E-state index contributed by atoms with van der Waals surface area (Å²) in [7, 11) is 0. The number of nitrogens with zero attached hydrogens (tertiary/aromatic N) is 1. The molecule has 0 aromatic carbocycles. The van der Waals surface area contributed by atoms with E-state index in [9.17, 15) is 4.79 Å². The molecule has 1 unspecified atom stereocenters. The van der Waals surface area contributed by atoms with Crippen LogP contribution >= 0.6 is 24.0 Å². The normalized spacial score (nSPS) is 19.1. The van der Waals surface area contributed by atoms with Gasteiger partial charge in [-0.2, -0.15) is 0 Å². The van der Waals surface area contributed by atoms with Gasteiger partial charge in [0.2, 0.25) is 5.12 Å². The Morgan fingerprint density at radius 1 is 1.65 bits per heavy atom. The van der Waals surface area contributed by atoms with Gasteiger partial charge in [0, 0.05) is 24.7 Å². The summed E-state index contributed by atoms with van der Waals surface area (Å²) < 4.78 is 0. The molecule has 0 saturated carbocycles. The molecule has 1 aromatic heterocycles. The van der Waals surface area contributed by atoms with Crippen molar-refractivity contribution in [3.8, 4) is 0 Å². The Labute approximate surface area is 110 Å². The summed E-state index contributed by atoms with van der Waals surface area (Å²) in [6.07, 6.45) is 4.36. The summed E-state index contributed by atoms with van der Waals surface area (Å²) in [5.74, 6) is 0.877. The topological polar surface area (TPSA) is 54.0 Å². The zero-order chi connectivity index (χ0) is 12.1. The molecule has 0 amide bonds. The number of hydrogen-bond acceptors (Lipinski definition) is 4. The highest BCUT2D eigenvalue weighted by atomic mass is 32.2. The fourth-order valence-electron chi connectivity index (χ4n) is 1.52. The Morgan fingerprint density at radius 2 is 2.53 bits per heavy atom. The van der Waals surface area contributed by atoms with Crippen LogP contribution < -0.4 is 10.6 Å². The molecule has 2 heterocycles. The van der Waals surface area contributed by atoms with Crippen molar-refractivity contribution in [2.75, 3.05) is 5.75 Å². The van der Waals surface area contributed by atoms with E-state index in [1.54, 1.807) is 12.4 Å². The molecule has 0 aliphatic carbocycles. The molecule has 0 bridgehead atoms. The van der Waals surface area contributed by atoms with Crippen molar-refractivity contribution in [3.63, 3.8) is 0 Å². The highest BCUT2D eigenvalue weighted by Gasteiger charge is 2.25. The fourth-order valence-corrected chi connectivity index (χ4v) is 2.67. The zero-order valence-electron chi connectivity index (χ0n) is 9.18. The smallest absolute Gasteiger partial charge is 0.211 e. The third kappa shape index (κ3) is 3.67.